The van der Waals surface area contributed by atoms with Crippen LogP contribution in [0.15, 0.2) is 18.3 Å². The summed E-state index contributed by atoms with van der Waals surface area (Å²) in [5.41, 5.74) is 0.506. The Morgan fingerprint density at radius 3 is 3.07 bits per heavy atom. The van der Waals surface area contributed by atoms with Crippen LogP contribution in [-0.2, 0) is 10.8 Å². The molecule has 15 heavy (non-hydrogen) atoms. The number of hydrogen-bond donors (Lipinski definition) is 1. The first-order chi connectivity index (χ1) is 7.13. The summed E-state index contributed by atoms with van der Waals surface area (Å²) in [4.78, 5) is 4.06. The van der Waals surface area contributed by atoms with Crippen LogP contribution in [-0.4, -0.2) is 27.2 Å². The van der Waals surface area contributed by atoms with E-state index in [4.69, 9.17) is 5.26 Å². The Balaban J connectivity index is 2.72. The normalized spacial score (nSPS) is 13.9. The highest BCUT2D eigenvalue weighted by molar-refractivity contribution is 7.84. The molecule has 0 bridgehead atoms. The van der Waals surface area contributed by atoms with Crippen LogP contribution in [0.5, 0.6) is 0 Å². The van der Waals surface area contributed by atoms with Crippen LogP contribution in [0.25, 0.3) is 0 Å². The van der Waals surface area contributed by atoms with E-state index in [0.717, 1.165) is 0 Å². The van der Waals surface area contributed by atoms with Crippen molar-refractivity contribution in [3.05, 3.63) is 23.9 Å². The highest BCUT2D eigenvalue weighted by Gasteiger charge is 2.07. The van der Waals surface area contributed by atoms with Gasteiger partial charge < -0.3 is 5.32 Å². The van der Waals surface area contributed by atoms with E-state index in [0.29, 0.717) is 17.1 Å². The Hall–Kier alpha value is -1.41. The predicted octanol–water partition coefficient (Wildman–Crippen LogP) is 1.13. The molecule has 0 fully saturated rings. The second-order valence-electron chi connectivity index (χ2n) is 3.30. The molecule has 1 aromatic rings. The second-order valence-corrected chi connectivity index (χ2v) is 4.78. The van der Waals surface area contributed by atoms with E-state index < -0.39 is 10.8 Å². The molecule has 5 heteroatoms. The first-order valence-electron chi connectivity index (χ1n) is 4.55. The molecule has 0 aliphatic heterocycles. The van der Waals surface area contributed by atoms with E-state index in [9.17, 15) is 4.21 Å². The van der Waals surface area contributed by atoms with Gasteiger partial charge in [0.25, 0.3) is 0 Å². The van der Waals surface area contributed by atoms with Crippen molar-refractivity contribution in [2.45, 2.75) is 13.0 Å². The molecule has 80 valence electrons. The monoisotopic (exact) mass is 223 g/mol. The van der Waals surface area contributed by atoms with Gasteiger partial charge in [-0.15, -0.1) is 0 Å². The van der Waals surface area contributed by atoms with Crippen molar-refractivity contribution < 1.29 is 4.21 Å². The summed E-state index contributed by atoms with van der Waals surface area (Å²) in [7, 11) is -0.851. The number of nitrogens with one attached hydrogen (secondary N) is 1. The van der Waals surface area contributed by atoms with Gasteiger partial charge in [0.1, 0.15) is 11.9 Å². The lowest BCUT2D eigenvalue weighted by Crippen LogP contribution is -2.23. The molecule has 1 rings (SSSR count). The van der Waals surface area contributed by atoms with E-state index in [1.165, 1.54) is 0 Å². The summed E-state index contributed by atoms with van der Waals surface area (Å²) in [5.74, 6) is 1.10. The van der Waals surface area contributed by atoms with Crippen LogP contribution < -0.4 is 5.32 Å². The molecule has 2 unspecified atom stereocenters. The third-order valence-corrected chi connectivity index (χ3v) is 2.77. The SMILES string of the molecule is CC(CS(C)=O)Nc1ncccc1C#N. The van der Waals surface area contributed by atoms with Crippen LogP contribution >= 0.6 is 0 Å². The van der Waals surface area contributed by atoms with E-state index in [-0.39, 0.29) is 6.04 Å². The Kier molecular flexibility index (Phi) is 4.25. The number of hydrogen-bond acceptors (Lipinski definition) is 4. The Labute approximate surface area is 91.8 Å². The zero-order valence-electron chi connectivity index (χ0n) is 8.73. The maximum Gasteiger partial charge on any atom is 0.144 e. The van der Waals surface area contributed by atoms with Gasteiger partial charge in [0.2, 0.25) is 0 Å². The van der Waals surface area contributed by atoms with Crippen molar-refractivity contribution in [3.63, 3.8) is 0 Å². The minimum atomic E-state index is -0.851. The van der Waals surface area contributed by atoms with Crippen LogP contribution in [0.1, 0.15) is 12.5 Å². The van der Waals surface area contributed by atoms with Crippen molar-refractivity contribution in [1.29, 1.82) is 5.26 Å². The van der Waals surface area contributed by atoms with Gasteiger partial charge in [-0.1, -0.05) is 0 Å². The molecular formula is C10H13N3OS. The van der Waals surface area contributed by atoms with Gasteiger partial charge in [-0.2, -0.15) is 5.26 Å². The molecular weight excluding hydrogens is 210 g/mol. The van der Waals surface area contributed by atoms with Gasteiger partial charge in [-0.25, -0.2) is 4.98 Å². The zero-order valence-corrected chi connectivity index (χ0v) is 9.54. The Morgan fingerprint density at radius 2 is 2.47 bits per heavy atom. The fraction of sp³-hybridized carbons (Fsp3) is 0.400. The molecule has 0 radical (unpaired) electrons. The molecule has 0 aliphatic carbocycles. The summed E-state index contributed by atoms with van der Waals surface area (Å²) < 4.78 is 11.0. The smallest absolute Gasteiger partial charge is 0.144 e. The Morgan fingerprint density at radius 1 is 1.73 bits per heavy atom. The van der Waals surface area contributed by atoms with Crippen molar-refractivity contribution in [1.82, 2.24) is 4.98 Å². The van der Waals surface area contributed by atoms with Crippen LogP contribution in [0.2, 0.25) is 0 Å². The largest absolute Gasteiger partial charge is 0.366 e. The van der Waals surface area contributed by atoms with E-state index in [1.54, 1.807) is 24.6 Å². The van der Waals surface area contributed by atoms with Gasteiger partial charge >= 0.3 is 0 Å². The third kappa shape index (κ3) is 3.68. The number of nitrogens with zero attached hydrogens (tertiary/aromatic N) is 2. The lowest BCUT2D eigenvalue weighted by Gasteiger charge is -2.13. The maximum atomic E-state index is 11.0. The van der Waals surface area contributed by atoms with Gasteiger partial charge in [-0.05, 0) is 19.1 Å². The van der Waals surface area contributed by atoms with E-state index >= 15 is 0 Å². The molecule has 4 nitrogen and oxygen atoms in total. The molecule has 1 aromatic heterocycles. The lowest BCUT2D eigenvalue weighted by molar-refractivity contribution is 0.683. The molecule has 0 spiro atoms. The summed E-state index contributed by atoms with van der Waals surface area (Å²) in [6, 6.07) is 5.51. The van der Waals surface area contributed by atoms with Crippen molar-refractivity contribution >= 4 is 16.6 Å². The highest BCUT2D eigenvalue weighted by Crippen LogP contribution is 2.10. The van der Waals surface area contributed by atoms with Crippen molar-refractivity contribution in [2.75, 3.05) is 17.3 Å². The molecule has 0 saturated heterocycles. The standard InChI is InChI=1S/C10H13N3OS/c1-8(7-15(2)14)13-10-9(6-11)4-3-5-12-10/h3-5,8H,7H2,1-2H3,(H,12,13). The number of pyridine rings is 1. The summed E-state index contributed by atoms with van der Waals surface area (Å²) in [5, 5.41) is 11.9. The fourth-order valence-electron chi connectivity index (χ4n) is 1.24. The van der Waals surface area contributed by atoms with E-state index in [1.807, 2.05) is 6.92 Å². The van der Waals surface area contributed by atoms with Gasteiger partial charge in [0.15, 0.2) is 0 Å². The number of anilines is 1. The van der Waals surface area contributed by atoms with Gasteiger partial charge in [0, 0.05) is 35.0 Å². The molecule has 1 N–H and O–H groups in total. The molecule has 1 heterocycles. The molecule has 2 atom stereocenters. The van der Waals surface area contributed by atoms with Crippen LogP contribution in [0.4, 0.5) is 5.82 Å². The average molecular weight is 223 g/mol. The first-order valence-corrected chi connectivity index (χ1v) is 6.28. The molecule has 0 aromatic carbocycles. The summed E-state index contributed by atoms with van der Waals surface area (Å²) >= 11 is 0. The summed E-state index contributed by atoms with van der Waals surface area (Å²) in [6.07, 6.45) is 3.28. The number of aromatic nitrogens is 1. The molecule has 0 amide bonds. The van der Waals surface area contributed by atoms with Crippen molar-refractivity contribution in [2.24, 2.45) is 0 Å². The number of rotatable bonds is 4. The van der Waals surface area contributed by atoms with Crippen LogP contribution in [0, 0.1) is 11.3 Å². The fourth-order valence-corrected chi connectivity index (χ4v) is 2.03. The van der Waals surface area contributed by atoms with Gasteiger partial charge in [-0.3, -0.25) is 4.21 Å². The maximum absolute atomic E-state index is 11.0. The molecule has 0 saturated carbocycles. The third-order valence-electron chi connectivity index (χ3n) is 1.80. The van der Waals surface area contributed by atoms with E-state index in [2.05, 4.69) is 16.4 Å². The first kappa shape index (κ1) is 11.7. The van der Waals surface area contributed by atoms with Gasteiger partial charge in [0.05, 0.1) is 5.56 Å². The average Bonchev–Trinajstić information content (AvgIpc) is 2.17. The highest BCUT2D eigenvalue weighted by atomic mass is 32.2. The zero-order chi connectivity index (χ0) is 11.3. The van der Waals surface area contributed by atoms with Crippen LogP contribution in [0.3, 0.4) is 0 Å². The number of nitriles is 1. The minimum absolute atomic E-state index is 0.0397. The second kappa shape index (κ2) is 5.47. The predicted molar refractivity (Wildman–Crippen MR) is 61.0 cm³/mol. The Bertz CT molecular complexity index is 400. The summed E-state index contributed by atoms with van der Waals surface area (Å²) in [6.45, 7) is 1.91. The van der Waals surface area contributed by atoms with Crippen molar-refractivity contribution in [3.8, 4) is 6.07 Å². The quantitative estimate of drug-likeness (QED) is 0.831. The lowest BCUT2D eigenvalue weighted by atomic mass is 10.2. The topological polar surface area (TPSA) is 65.8 Å². The molecule has 0 aliphatic rings. The minimum Gasteiger partial charge on any atom is -0.366 e.